The van der Waals surface area contributed by atoms with E-state index in [1.54, 1.807) is 0 Å². The molecule has 0 bridgehead atoms. The van der Waals surface area contributed by atoms with Crippen molar-refractivity contribution in [2.75, 3.05) is 0 Å². The van der Waals surface area contributed by atoms with Crippen molar-refractivity contribution in [2.45, 2.75) is 44.7 Å². The topological polar surface area (TPSA) is 82.0 Å². The molecule has 0 aliphatic heterocycles. The third-order valence-electron chi connectivity index (χ3n) is 3.76. The van der Waals surface area contributed by atoms with Crippen molar-refractivity contribution in [3.8, 4) is 6.07 Å². The van der Waals surface area contributed by atoms with E-state index in [0.717, 1.165) is 0 Å². The smallest absolute Gasteiger partial charge is 0.251 e. The fourth-order valence-corrected chi connectivity index (χ4v) is 2.26. The van der Waals surface area contributed by atoms with Crippen molar-refractivity contribution < 1.29 is 14.0 Å². The normalized spacial score (nSPS) is 16.3. The van der Waals surface area contributed by atoms with Crippen LogP contribution in [0.3, 0.4) is 0 Å². The van der Waals surface area contributed by atoms with Gasteiger partial charge in [0.1, 0.15) is 17.4 Å². The third kappa shape index (κ3) is 4.52. The zero-order chi connectivity index (χ0) is 17.0. The maximum absolute atomic E-state index is 12.9. The molecular weight excluding hydrogens is 297 g/mol. The molecule has 2 amide bonds. The van der Waals surface area contributed by atoms with E-state index in [0.29, 0.717) is 19.3 Å². The fraction of sp³-hybridized carbons (Fsp3) is 0.471. The molecule has 122 valence electrons. The average Bonchev–Trinajstić information content (AvgIpc) is 3.27. The molecule has 6 heteroatoms. The number of carbonyl (C=O) groups excluding carboxylic acids is 2. The molecule has 1 aromatic rings. The molecule has 0 radical (unpaired) electrons. The highest BCUT2D eigenvalue weighted by Crippen LogP contribution is 2.34. The van der Waals surface area contributed by atoms with Gasteiger partial charge in [-0.3, -0.25) is 9.59 Å². The van der Waals surface area contributed by atoms with Crippen LogP contribution in [0, 0.1) is 23.1 Å². The molecule has 1 atom stereocenters. The first-order valence-electron chi connectivity index (χ1n) is 7.65. The van der Waals surface area contributed by atoms with Gasteiger partial charge in [-0.1, -0.05) is 13.8 Å². The maximum Gasteiger partial charge on any atom is 0.251 e. The van der Waals surface area contributed by atoms with E-state index in [-0.39, 0.29) is 17.4 Å². The van der Waals surface area contributed by atoms with Crippen LogP contribution in [0.15, 0.2) is 24.3 Å². The molecule has 23 heavy (non-hydrogen) atoms. The monoisotopic (exact) mass is 317 g/mol. The van der Waals surface area contributed by atoms with Crippen LogP contribution in [0.5, 0.6) is 0 Å². The van der Waals surface area contributed by atoms with Crippen LogP contribution in [-0.4, -0.2) is 23.4 Å². The van der Waals surface area contributed by atoms with Crippen LogP contribution in [0.2, 0.25) is 0 Å². The molecule has 0 spiro atoms. The van der Waals surface area contributed by atoms with Crippen molar-refractivity contribution in [1.82, 2.24) is 10.6 Å². The number of carbonyl (C=O) groups is 2. The highest BCUT2D eigenvalue weighted by molar-refractivity contribution is 5.97. The highest BCUT2D eigenvalue weighted by atomic mass is 19.1. The van der Waals surface area contributed by atoms with Gasteiger partial charge in [-0.25, -0.2) is 4.39 Å². The predicted molar refractivity (Wildman–Crippen MR) is 82.8 cm³/mol. The van der Waals surface area contributed by atoms with E-state index < -0.39 is 23.3 Å². The summed E-state index contributed by atoms with van der Waals surface area (Å²) in [7, 11) is 0. The van der Waals surface area contributed by atoms with Gasteiger partial charge in [0.05, 0.1) is 6.07 Å². The van der Waals surface area contributed by atoms with Gasteiger partial charge < -0.3 is 10.6 Å². The first-order valence-corrected chi connectivity index (χ1v) is 7.65. The van der Waals surface area contributed by atoms with Crippen LogP contribution in [0.1, 0.15) is 43.5 Å². The van der Waals surface area contributed by atoms with Crippen LogP contribution < -0.4 is 10.6 Å². The lowest BCUT2D eigenvalue weighted by molar-refractivity contribution is -0.123. The number of halogens is 1. The molecular formula is C17H20FN3O2. The number of hydrogen-bond acceptors (Lipinski definition) is 3. The minimum absolute atomic E-state index is 0.191. The number of hydrogen-bond donors (Lipinski definition) is 2. The highest BCUT2D eigenvalue weighted by Gasteiger charge is 2.45. The Balaban J connectivity index is 2.05. The Morgan fingerprint density at radius 2 is 1.91 bits per heavy atom. The van der Waals surface area contributed by atoms with Gasteiger partial charge in [0, 0.05) is 5.56 Å². The minimum Gasteiger partial charge on any atom is -0.340 e. The summed E-state index contributed by atoms with van der Waals surface area (Å²) in [6.07, 6.45) is 1.73. The van der Waals surface area contributed by atoms with Crippen molar-refractivity contribution in [3.63, 3.8) is 0 Å². The molecule has 0 saturated heterocycles. The van der Waals surface area contributed by atoms with Crippen molar-refractivity contribution in [2.24, 2.45) is 5.92 Å². The summed E-state index contributed by atoms with van der Waals surface area (Å²) in [5, 5.41) is 14.5. The maximum atomic E-state index is 12.9. The lowest BCUT2D eigenvalue weighted by atomic mass is 10.0. The van der Waals surface area contributed by atoms with Crippen molar-refractivity contribution in [1.29, 1.82) is 5.26 Å². The van der Waals surface area contributed by atoms with Gasteiger partial charge >= 0.3 is 0 Å². The first kappa shape index (κ1) is 16.9. The van der Waals surface area contributed by atoms with Gasteiger partial charge in [0.2, 0.25) is 5.91 Å². The Hall–Kier alpha value is -2.42. The molecule has 1 aliphatic rings. The third-order valence-corrected chi connectivity index (χ3v) is 3.76. The number of benzene rings is 1. The molecule has 0 unspecified atom stereocenters. The van der Waals surface area contributed by atoms with Crippen LogP contribution in [0.25, 0.3) is 0 Å². The number of amides is 2. The quantitative estimate of drug-likeness (QED) is 0.843. The summed E-state index contributed by atoms with van der Waals surface area (Å²) in [5.41, 5.74) is -0.484. The summed E-state index contributed by atoms with van der Waals surface area (Å²) in [6, 6.07) is 6.50. The summed E-state index contributed by atoms with van der Waals surface area (Å²) < 4.78 is 12.9. The molecule has 1 aliphatic carbocycles. The lowest BCUT2D eigenvalue weighted by Crippen LogP contribution is -2.50. The first-order chi connectivity index (χ1) is 10.8. The second kappa shape index (κ2) is 6.78. The van der Waals surface area contributed by atoms with Gasteiger partial charge in [-0.05, 0) is 49.4 Å². The van der Waals surface area contributed by atoms with E-state index in [1.165, 1.54) is 24.3 Å². The molecule has 1 aromatic carbocycles. The van der Waals surface area contributed by atoms with E-state index in [2.05, 4.69) is 16.7 Å². The molecule has 1 saturated carbocycles. The van der Waals surface area contributed by atoms with Crippen LogP contribution in [-0.2, 0) is 4.79 Å². The lowest BCUT2D eigenvalue weighted by Gasteiger charge is -2.21. The number of nitriles is 1. The molecule has 2 N–H and O–H groups in total. The molecule has 1 fully saturated rings. The van der Waals surface area contributed by atoms with Gasteiger partial charge in [0.25, 0.3) is 5.91 Å². The van der Waals surface area contributed by atoms with Crippen LogP contribution in [0.4, 0.5) is 4.39 Å². The van der Waals surface area contributed by atoms with Gasteiger partial charge in [0.15, 0.2) is 0 Å². The molecule has 5 nitrogen and oxygen atoms in total. The molecule has 0 heterocycles. The summed E-state index contributed by atoms with van der Waals surface area (Å²) in [4.78, 5) is 24.6. The number of nitrogens with zero attached hydrogens (tertiary/aromatic N) is 1. The summed E-state index contributed by atoms with van der Waals surface area (Å²) in [5.74, 6) is -1.03. The average molecular weight is 317 g/mol. The van der Waals surface area contributed by atoms with Crippen molar-refractivity contribution in [3.05, 3.63) is 35.6 Å². The second-order valence-electron chi connectivity index (χ2n) is 6.35. The Morgan fingerprint density at radius 3 is 2.39 bits per heavy atom. The zero-order valence-electron chi connectivity index (χ0n) is 13.2. The Kier molecular flexibility index (Phi) is 4.99. The standard InChI is InChI=1S/C17H20FN3O2/c1-11(2)9-14(16(23)21-17(10-19)7-8-17)20-15(22)12-3-5-13(18)6-4-12/h3-6,11,14H,7-9H2,1-2H3,(H,20,22)(H,21,23)/t14-/m0/s1. The van der Waals surface area contributed by atoms with E-state index in [1.807, 2.05) is 13.8 Å². The molecule has 0 aromatic heterocycles. The Bertz CT molecular complexity index is 630. The number of nitrogens with one attached hydrogen (secondary N) is 2. The van der Waals surface area contributed by atoms with Crippen LogP contribution >= 0.6 is 0 Å². The summed E-state index contributed by atoms with van der Waals surface area (Å²) in [6.45, 7) is 3.89. The number of rotatable bonds is 6. The zero-order valence-corrected chi connectivity index (χ0v) is 13.2. The predicted octanol–water partition coefficient (Wildman–Crippen LogP) is 2.14. The Labute approximate surface area is 134 Å². The SMILES string of the molecule is CC(C)C[C@H](NC(=O)c1ccc(F)cc1)C(=O)NC1(C#N)CC1. The van der Waals surface area contributed by atoms with Gasteiger partial charge in [-0.15, -0.1) is 0 Å². The van der Waals surface area contributed by atoms with E-state index >= 15 is 0 Å². The second-order valence-corrected chi connectivity index (χ2v) is 6.35. The van der Waals surface area contributed by atoms with Crippen molar-refractivity contribution >= 4 is 11.8 Å². The van der Waals surface area contributed by atoms with Gasteiger partial charge in [-0.2, -0.15) is 5.26 Å². The summed E-state index contributed by atoms with van der Waals surface area (Å²) >= 11 is 0. The Morgan fingerprint density at radius 1 is 1.30 bits per heavy atom. The van der Waals surface area contributed by atoms with E-state index in [9.17, 15) is 14.0 Å². The fourth-order valence-electron chi connectivity index (χ4n) is 2.26. The molecule has 2 rings (SSSR count). The minimum atomic E-state index is -0.771. The van der Waals surface area contributed by atoms with E-state index in [4.69, 9.17) is 5.26 Å². The largest absolute Gasteiger partial charge is 0.340 e.